The zero-order valence-corrected chi connectivity index (χ0v) is 14.4. The van der Waals surface area contributed by atoms with Crippen LogP contribution in [0.4, 0.5) is 0 Å². The van der Waals surface area contributed by atoms with E-state index in [4.69, 9.17) is 4.74 Å². The molecule has 3 aromatic rings. The van der Waals surface area contributed by atoms with Gasteiger partial charge in [-0.25, -0.2) is 0 Å². The van der Waals surface area contributed by atoms with Crippen molar-refractivity contribution in [3.63, 3.8) is 0 Å². The summed E-state index contributed by atoms with van der Waals surface area (Å²) in [6, 6.07) is 22.7. The molecule has 1 aromatic heterocycles. The van der Waals surface area contributed by atoms with E-state index in [2.05, 4.69) is 68.2 Å². The number of aromatic nitrogens is 1. The van der Waals surface area contributed by atoms with E-state index in [9.17, 15) is 0 Å². The molecule has 0 amide bonds. The quantitative estimate of drug-likeness (QED) is 0.635. The molecule has 23 heavy (non-hydrogen) atoms. The van der Waals surface area contributed by atoms with Gasteiger partial charge in [0.2, 0.25) is 0 Å². The van der Waals surface area contributed by atoms with Crippen molar-refractivity contribution in [2.45, 2.75) is 32.8 Å². The van der Waals surface area contributed by atoms with Crippen molar-refractivity contribution >= 4 is 10.9 Å². The molecule has 3 rings (SSSR count). The average molecular weight is 307 g/mol. The summed E-state index contributed by atoms with van der Waals surface area (Å²) in [5.74, 6) is 0. The molecule has 1 heterocycles. The van der Waals surface area contributed by atoms with Crippen LogP contribution in [0, 0.1) is 0 Å². The second-order valence-electron chi connectivity index (χ2n) is 6.54. The molecule has 2 nitrogen and oxygen atoms in total. The molecule has 0 aliphatic heterocycles. The molecule has 0 fully saturated rings. The van der Waals surface area contributed by atoms with Gasteiger partial charge in [0.25, 0.3) is 0 Å². The first-order valence-electron chi connectivity index (χ1n) is 7.90. The Balaban J connectivity index is 0.000000174. The third-order valence-electron chi connectivity index (χ3n) is 3.59. The fourth-order valence-electron chi connectivity index (χ4n) is 2.27. The second-order valence-corrected chi connectivity index (χ2v) is 6.54. The van der Waals surface area contributed by atoms with Crippen LogP contribution >= 0.6 is 0 Å². The summed E-state index contributed by atoms with van der Waals surface area (Å²) >= 11 is 0. The smallest absolute Gasteiger partial charge is 0.0884 e. The van der Waals surface area contributed by atoms with Gasteiger partial charge in [-0.2, -0.15) is 0 Å². The maximum Gasteiger partial charge on any atom is 0.0884 e. The number of nitrogens with zero attached hydrogens (tertiary/aromatic N) is 1. The number of para-hydroxylation sites is 1. The number of pyridine rings is 1. The Kier molecular flexibility index (Phi) is 5.89. The predicted molar refractivity (Wildman–Crippen MR) is 97.6 cm³/mol. The fourth-order valence-corrected chi connectivity index (χ4v) is 2.27. The van der Waals surface area contributed by atoms with Crippen molar-refractivity contribution in [3.8, 4) is 0 Å². The van der Waals surface area contributed by atoms with Crippen molar-refractivity contribution < 1.29 is 4.74 Å². The predicted octanol–water partition coefficient (Wildman–Crippen LogP) is 5.37. The molecule has 2 aromatic carbocycles. The molecule has 2 heteroatoms. The molecule has 0 bridgehead atoms. The molecular weight excluding hydrogens is 282 g/mol. The summed E-state index contributed by atoms with van der Waals surface area (Å²) < 4.78 is 5.01. The van der Waals surface area contributed by atoms with Crippen LogP contribution in [0.5, 0.6) is 0 Å². The van der Waals surface area contributed by atoms with E-state index < -0.39 is 0 Å². The number of hydrogen-bond donors (Lipinski definition) is 0. The van der Waals surface area contributed by atoms with Crippen LogP contribution in [0.15, 0.2) is 66.7 Å². The van der Waals surface area contributed by atoms with E-state index >= 15 is 0 Å². The van der Waals surface area contributed by atoms with E-state index in [1.807, 2.05) is 24.3 Å². The molecule has 120 valence electrons. The van der Waals surface area contributed by atoms with Crippen molar-refractivity contribution in [1.82, 2.24) is 4.98 Å². The van der Waals surface area contributed by atoms with Crippen LogP contribution in [0.25, 0.3) is 10.9 Å². The number of rotatable bonds is 2. The van der Waals surface area contributed by atoms with Gasteiger partial charge in [-0.1, -0.05) is 75.4 Å². The van der Waals surface area contributed by atoms with Crippen molar-refractivity contribution in [2.24, 2.45) is 0 Å². The molecule has 0 saturated heterocycles. The van der Waals surface area contributed by atoms with E-state index in [-0.39, 0.29) is 0 Å². The lowest BCUT2D eigenvalue weighted by molar-refractivity contribution is 0.182. The van der Waals surface area contributed by atoms with E-state index in [1.54, 1.807) is 7.11 Å². The minimum absolute atomic E-state index is 0.293. The minimum Gasteiger partial charge on any atom is -0.378 e. The Morgan fingerprint density at radius 3 is 2.09 bits per heavy atom. The van der Waals surface area contributed by atoms with Crippen LogP contribution < -0.4 is 0 Å². The first-order valence-corrected chi connectivity index (χ1v) is 7.90. The van der Waals surface area contributed by atoms with Gasteiger partial charge in [0.15, 0.2) is 0 Å². The van der Waals surface area contributed by atoms with Crippen LogP contribution in [-0.2, 0) is 16.8 Å². The van der Waals surface area contributed by atoms with Crippen LogP contribution in [0.2, 0.25) is 0 Å². The Morgan fingerprint density at radius 1 is 0.826 bits per heavy atom. The summed E-state index contributed by atoms with van der Waals surface area (Å²) in [6.07, 6.45) is 0. The number of fused-ring (bicyclic) bond motifs is 1. The molecule has 0 N–H and O–H groups in total. The van der Waals surface area contributed by atoms with Gasteiger partial charge < -0.3 is 4.74 Å². The second kappa shape index (κ2) is 7.89. The number of methoxy groups -OCH3 is 1. The summed E-state index contributed by atoms with van der Waals surface area (Å²) in [4.78, 5) is 4.44. The van der Waals surface area contributed by atoms with E-state index in [0.717, 1.165) is 11.2 Å². The zero-order valence-electron chi connectivity index (χ0n) is 14.4. The third kappa shape index (κ3) is 5.19. The highest BCUT2D eigenvalue weighted by molar-refractivity contribution is 5.78. The molecule has 0 atom stereocenters. The molecule has 0 aliphatic carbocycles. The number of ether oxygens (including phenoxy) is 1. The molecular formula is C21H25NO. The lowest BCUT2D eigenvalue weighted by atomic mass is 9.87. The minimum atomic E-state index is 0.293. The lowest BCUT2D eigenvalue weighted by Gasteiger charge is -2.18. The van der Waals surface area contributed by atoms with Gasteiger partial charge in [-0.05, 0) is 23.1 Å². The van der Waals surface area contributed by atoms with Crippen molar-refractivity contribution in [2.75, 3.05) is 7.11 Å². The maximum atomic E-state index is 5.01. The number of benzene rings is 2. The first-order chi connectivity index (χ1) is 11.0. The third-order valence-corrected chi connectivity index (χ3v) is 3.59. The SMILES string of the molecule is CC(C)(C)c1ccccc1.COCc1ccc2ccccc2n1. The van der Waals surface area contributed by atoms with Crippen LogP contribution in [0.1, 0.15) is 32.0 Å². The summed E-state index contributed by atoms with van der Waals surface area (Å²) in [6.45, 7) is 7.25. The monoisotopic (exact) mass is 307 g/mol. The van der Waals surface area contributed by atoms with Crippen molar-refractivity contribution in [1.29, 1.82) is 0 Å². The fraction of sp³-hybridized carbons (Fsp3) is 0.286. The molecule has 0 spiro atoms. The normalized spacial score (nSPS) is 11.0. The molecule has 0 unspecified atom stereocenters. The van der Waals surface area contributed by atoms with Crippen molar-refractivity contribution in [3.05, 3.63) is 78.0 Å². The summed E-state index contributed by atoms with van der Waals surface area (Å²) in [5.41, 5.74) is 3.69. The Bertz CT molecular complexity index is 729. The van der Waals surface area contributed by atoms with Gasteiger partial charge in [-0.3, -0.25) is 4.98 Å². The molecule has 0 saturated carbocycles. The van der Waals surface area contributed by atoms with Gasteiger partial charge in [0.05, 0.1) is 17.8 Å². The zero-order chi connectivity index (χ0) is 16.7. The largest absolute Gasteiger partial charge is 0.378 e. The summed E-state index contributed by atoms with van der Waals surface area (Å²) in [7, 11) is 1.68. The lowest BCUT2D eigenvalue weighted by Crippen LogP contribution is -2.10. The maximum absolute atomic E-state index is 5.01. The summed E-state index contributed by atoms with van der Waals surface area (Å²) in [5, 5.41) is 1.17. The van der Waals surface area contributed by atoms with E-state index in [0.29, 0.717) is 12.0 Å². The van der Waals surface area contributed by atoms with E-state index in [1.165, 1.54) is 10.9 Å². The number of hydrogen-bond acceptors (Lipinski definition) is 2. The Labute approximate surface area is 139 Å². The molecule has 0 radical (unpaired) electrons. The van der Waals surface area contributed by atoms with Gasteiger partial charge in [-0.15, -0.1) is 0 Å². The van der Waals surface area contributed by atoms with Gasteiger partial charge in [0.1, 0.15) is 0 Å². The van der Waals surface area contributed by atoms with Gasteiger partial charge in [0, 0.05) is 12.5 Å². The first kappa shape index (κ1) is 17.2. The van der Waals surface area contributed by atoms with Crippen LogP contribution in [0.3, 0.4) is 0 Å². The standard InChI is InChI=1S/C11H11NO.C10H14/c1-13-8-10-7-6-9-4-2-3-5-11(9)12-10;1-10(2,3)9-7-5-4-6-8-9/h2-7H,8H2,1H3;4-8H,1-3H3. The van der Waals surface area contributed by atoms with Gasteiger partial charge >= 0.3 is 0 Å². The highest BCUT2D eigenvalue weighted by Crippen LogP contribution is 2.20. The highest BCUT2D eigenvalue weighted by Gasteiger charge is 2.11. The van der Waals surface area contributed by atoms with Crippen LogP contribution in [-0.4, -0.2) is 12.1 Å². The average Bonchev–Trinajstić information content (AvgIpc) is 2.56. The highest BCUT2D eigenvalue weighted by atomic mass is 16.5. The topological polar surface area (TPSA) is 22.1 Å². The Hall–Kier alpha value is -2.19. The Morgan fingerprint density at radius 2 is 1.48 bits per heavy atom. The molecule has 0 aliphatic rings.